The van der Waals surface area contributed by atoms with E-state index in [2.05, 4.69) is 45.3 Å². The molecule has 272 valence electrons. The first-order valence-corrected chi connectivity index (χ1v) is 18.8. The standard InChI is InChI=1S/C39H64N2O7/c1-23(2)30(31(43)47-10)40-33(46)41-39-17-11-12-25(39)24-13-14-27-36(7)18-16-28(48-29(42)22-34(3,4)32(44)45)35(5,6)26(36)15-19-38(27,9)37(24,8)20-21-39/h23-28,30H,11-22H2,1-10H3,(H,44,45)(H2,40,41,46)/t24?,25?,26?,27?,28?,30?,36?,37-,38?,39?/m1/s1. The molecule has 0 bridgehead atoms. The van der Waals surface area contributed by atoms with Crippen LogP contribution in [0.3, 0.4) is 0 Å². The maximum absolute atomic E-state index is 13.5. The van der Waals surface area contributed by atoms with E-state index < -0.39 is 29.4 Å². The fourth-order valence-electron chi connectivity index (χ4n) is 12.6. The number of nitrogens with one attached hydrogen (secondary N) is 2. The van der Waals surface area contributed by atoms with Crippen molar-refractivity contribution in [2.24, 2.45) is 56.7 Å². The second-order valence-electron chi connectivity index (χ2n) is 18.9. The topological polar surface area (TPSA) is 131 Å². The number of hydrogen-bond acceptors (Lipinski definition) is 6. The van der Waals surface area contributed by atoms with Gasteiger partial charge < -0.3 is 25.2 Å². The molecule has 10 atom stereocenters. The van der Waals surface area contributed by atoms with Crippen LogP contribution in [0.5, 0.6) is 0 Å². The maximum Gasteiger partial charge on any atom is 0.328 e. The van der Waals surface area contributed by atoms with Gasteiger partial charge in [-0.25, -0.2) is 9.59 Å². The van der Waals surface area contributed by atoms with Crippen LogP contribution >= 0.6 is 0 Å². The number of rotatable bonds is 8. The van der Waals surface area contributed by atoms with Gasteiger partial charge in [0.25, 0.3) is 0 Å². The van der Waals surface area contributed by atoms with Crippen LogP contribution in [0, 0.1) is 56.7 Å². The number of carbonyl (C=O) groups is 4. The van der Waals surface area contributed by atoms with E-state index in [0.717, 1.165) is 64.2 Å². The number of esters is 2. The molecule has 0 aliphatic heterocycles. The molecule has 5 fully saturated rings. The first kappa shape index (κ1) is 36.9. The summed E-state index contributed by atoms with van der Waals surface area (Å²) in [7, 11) is 1.36. The molecule has 5 saturated carbocycles. The third-order valence-electron chi connectivity index (χ3n) is 15.5. The summed E-state index contributed by atoms with van der Waals surface area (Å²) < 4.78 is 11.1. The molecule has 48 heavy (non-hydrogen) atoms. The lowest BCUT2D eigenvalue weighted by Crippen LogP contribution is -2.69. The average Bonchev–Trinajstić information content (AvgIpc) is 3.40. The number of ether oxygens (including phenoxy) is 2. The highest BCUT2D eigenvalue weighted by Crippen LogP contribution is 2.76. The van der Waals surface area contributed by atoms with E-state index in [1.54, 1.807) is 13.8 Å². The van der Waals surface area contributed by atoms with Gasteiger partial charge in [-0.3, -0.25) is 9.59 Å². The fourth-order valence-corrected chi connectivity index (χ4v) is 12.6. The Balaban J connectivity index is 1.34. The van der Waals surface area contributed by atoms with Crippen molar-refractivity contribution in [1.29, 1.82) is 0 Å². The second kappa shape index (κ2) is 12.5. The molecular weight excluding hydrogens is 608 g/mol. The van der Waals surface area contributed by atoms with Crippen molar-refractivity contribution >= 4 is 23.9 Å². The summed E-state index contributed by atoms with van der Waals surface area (Å²) in [6.07, 6.45) is 11.3. The SMILES string of the molecule is COC(=O)C(NC(=O)NC12CCCC1C1CCC3C4(C)CCC(OC(=O)CC(C)(C)C(=O)O)C(C)(C)C4CCC3(C)[C@]1(C)CC2)C(C)C. The third-order valence-corrected chi connectivity index (χ3v) is 15.5. The number of aliphatic carboxylic acids is 1. The third kappa shape index (κ3) is 5.75. The Bertz CT molecular complexity index is 1290. The van der Waals surface area contributed by atoms with Crippen molar-refractivity contribution in [1.82, 2.24) is 10.6 Å². The van der Waals surface area contributed by atoms with Crippen LogP contribution < -0.4 is 10.6 Å². The number of urea groups is 1. The predicted octanol–water partition coefficient (Wildman–Crippen LogP) is 7.50. The molecule has 9 unspecified atom stereocenters. The van der Waals surface area contributed by atoms with Crippen molar-refractivity contribution in [2.45, 2.75) is 157 Å². The monoisotopic (exact) mass is 672 g/mol. The average molecular weight is 673 g/mol. The lowest BCUT2D eigenvalue weighted by Gasteiger charge is -2.72. The molecule has 2 amide bonds. The molecule has 5 aliphatic carbocycles. The predicted molar refractivity (Wildman–Crippen MR) is 184 cm³/mol. The zero-order valence-corrected chi connectivity index (χ0v) is 31.4. The maximum atomic E-state index is 13.5. The van der Waals surface area contributed by atoms with E-state index in [1.807, 2.05) is 13.8 Å². The zero-order valence-electron chi connectivity index (χ0n) is 31.4. The Morgan fingerprint density at radius 1 is 0.833 bits per heavy atom. The van der Waals surface area contributed by atoms with Gasteiger partial charge in [0.15, 0.2) is 0 Å². The van der Waals surface area contributed by atoms with Gasteiger partial charge in [0.1, 0.15) is 12.1 Å². The number of carboxylic acids is 1. The van der Waals surface area contributed by atoms with Crippen molar-refractivity contribution in [3.63, 3.8) is 0 Å². The van der Waals surface area contributed by atoms with Crippen molar-refractivity contribution in [3.8, 4) is 0 Å². The van der Waals surface area contributed by atoms with E-state index >= 15 is 0 Å². The molecule has 5 aliphatic rings. The highest BCUT2D eigenvalue weighted by atomic mass is 16.5. The van der Waals surface area contributed by atoms with E-state index in [9.17, 15) is 24.3 Å². The highest BCUT2D eigenvalue weighted by Gasteiger charge is 2.70. The van der Waals surface area contributed by atoms with Gasteiger partial charge in [0.05, 0.1) is 18.9 Å². The molecule has 9 nitrogen and oxygen atoms in total. The van der Waals surface area contributed by atoms with Crippen LogP contribution in [0.25, 0.3) is 0 Å². The van der Waals surface area contributed by atoms with E-state index in [0.29, 0.717) is 23.7 Å². The van der Waals surface area contributed by atoms with Gasteiger partial charge in [-0.1, -0.05) is 54.9 Å². The van der Waals surface area contributed by atoms with Gasteiger partial charge in [-0.15, -0.1) is 0 Å². The summed E-state index contributed by atoms with van der Waals surface area (Å²) >= 11 is 0. The van der Waals surface area contributed by atoms with Crippen molar-refractivity contribution in [2.75, 3.05) is 7.11 Å². The Labute approximate surface area is 288 Å². The van der Waals surface area contributed by atoms with Crippen molar-refractivity contribution < 1.29 is 33.8 Å². The lowest BCUT2D eigenvalue weighted by atomic mass is 9.33. The second-order valence-corrected chi connectivity index (χ2v) is 18.9. The summed E-state index contributed by atoms with van der Waals surface area (Å²) in [6.45, 7) is 19.2. The van der Waals surface area contributed by atoms with Gasteiger partial charge in [-0.2, -0.15) is 0 Å². The zero-order chi connectivity index (χ0) is 35.7. The minimum Gasteiger partial charge on any atom is -0.481 e. The molecular formula is C39H64N2O7. The minimum absolute atomic E-state index is 0.0716. The van der Waals surface area contributed by atoms with Gasteiger partial charge in [0, 0.05) is 11.0 Å². The Morgan fingerprint density at radius 2 is 1.52 bits per heavy atom. The van der Waals surface area contributed by atoms with Crippen molar-refractivity contribution in [3.05, 3.63) is 0 Å². The number of carboxylic acid groups (broad SMARTS) is 1. The quantitative estimate of drug-likeness (QED) is 0.228. The molecule has 0 aromatic rings. The molecule has 0 saturated heterocycles. The molecule has 0 aromatic heterocycles. The van der Waals surface area contributed by atoms with Gasteiger partial charge >= 0.3 is 23.9 Å². The lowest BCUT2D eigenvalue weighted by molar-refractivity contribution is -0.244. The molecule has 5 rings (SSSR count). The first-order valence-electron chi connectivity index (χ1n) is 18.8. The molecule has 0 aromatic carbocycles. The van der Waals surface area contributed by atoms with Crippen LogP contribution in [-0.2, 0) is 23.9 Å². The van der Waals surface area contributed by atoms with Crippen LogP contribution in [0.1, 0.15) is 139 Å². The molecule has 0 radical (unpaired) electrons. The number of hydrogen-bond donors (Lipinski definition) is 3. The van der Waals surface area contributed by atoms with E-state index in [1.165, 1.54) is 13.5 Å². The smallest absolute Gasteiger partial charge is 0.328 e. The molecule has 0 spiro atoms. The molecule has 0 heterocycles. The van der Waals surface area contributed by atoms with Crippen LogP contribution in [-0.4, -0.2) is 53.8 Å². The van der Waals surface area contributed by atoms with Crippen LogP contribution in [0.4, 0.5) is 4.79 Å². The fraction of sp³-hybridized carbons (Fsp3) is 0.897. The van der Waals surface area contributed by atoms with Crippen LogP contribution in [0.2, 0.25) is 0 Å². The number of fused-ring (bicyclic) bond motifs is 7. The van der Waals surface area contributed by atoms with Gasteiger partial charge in [-0.05, 0) is 124 Å². The minimum atomic E-state index is -1.15. The molecule has 9 heteroatoms. The van der Waals surface area contributed by atoms with Crippen LogP contribution in [0.15, 0.2) is 0 Å². The largest absolute Gasteiger partial charge is 0.481 e. The molecule has 3 N–H and O–H groups in total. The Morgan fingerprint density at radius 3 is 2.15 bits per heavy atom. The number of amides is 2. The summed E-state index contributed by atoms with van der Waals surface area (Å²) in [5.41, 5.74) is -1.16. The normalized spacial score (nSPS) is 40.7. The van der Waals surface area contributed by atoms with E-state index in [-0.39, 0.29) is 51.7 Å². The first-order chi connectivity index (χ1) is 22.2. The Kier molecular flexibility index (Phi) is 9.60. The highest BCUT2D eigenvalue weighted by molar-refractivity contribution is 5.84. The summed E-state index contributed by atoms with van der Waals surface area (Å²) in [6, 6.07) is -0.932. The summed E-state index contributed by atoms with van der Waals surface area (Å²) in [4.78, 5) is 50.6. The van der Waals surface area contributed by atoms with E-state index in [4.69, 9.17) is 9.47 Å². The Hall–Kier alpha value is -2.32. The number of methoxy groups -OCH3 is 1. The summed E-state index contributed by atoms with van der Waals surface area (Å²) in [5, 5.41) is 16.0. The number of carbonyl (C=O) groups excluding carboxylic acids is 3. The van der Waals surface area contributed by atoms with Gasteiger partial charge in [0.2, 0.25) is 0 Å². The summed E-state index contributed by atoms with van der Waals surface area (Å²) in [5.74, 6) is 0.0342.